The van der Waals surface area contributed by atoms with Gasteiger partial charge in [-0.25, -0.2) is 4.98 Å². The highest BCUT2D eigenvalue weighted by Crippen LogP contribution is 2.28. The van der Waals surface area contributed by atoms with Crippen LogP contribution >= 0.6 is 23.4 Å². The van der Waals surface area contributed by atoms with E-state index >= 15 is 0 Å². The van der Waals surface area contributed by atoms with Crippen LogP contribution in [-0.2, 0) is 0 Å². The van der Waals surface area contributed by atoms with E-state index in [2.05, 4.69) is 14.9 Å². The molecule has 0 aromatic carbocycles. The molecule has 2 aliphatic rings. The predicted octanol–water partition coefficient (Wildman–Crippen LogP) is 2.26. The normalized spacial score (nSPS) is 24.6. The Bertz CT molecular complexity index is 443. The van der Waals surface area contributed by atoms with Crippen LogP contribution in [0, 0.1) is 0 Å². The summed E-state index contributed by atoms with van der Waals surface area (Å²) in [5.74, 6) is 2.41. The van der Waals surface area contributed by atoms with Crippen molar-refractivity contribution in [1.29, 1.82) is 0 Å². The first-order chi connectivity index (χ1) is 8.34. The maximum absolute atomic E-state index is 6.00. The van der Waals surface area contributed by atoms with Gasteiger partial charge in [-0.1, -0.05) is 11.6 Å². The lowest BCUT2D eigenvalue weighted by atomic mass is 10.0. The van der Waals surface area contributed by atoms with Crippen molar-refractivity contribution in [2.45, 2.75) is 6.04 Å². The molecule has 0 N–H and O–H groups in total. The van der Waals surface area contributed by atoms with Crippen LogP contribution in [-0.4, -0.2) is 47.2 Å². The van der Waals surface area contributed by atoms with Gasteiger partial charge in [0.25, 0.3) is 0 Å². The van der Waals surface area contributed by atoms with Crippen LogP contribution < -0.4 is 0 Å². The number of hydrogen-bond acceptors (Lipinski definition) is 4. The molecule has 0 saturated carbocycles. The van der Waals surface area contributed by atoms with Gasteiger partial charge in [0.2, 0.25) is 0 Å². The molecule has 1 atom stereocenters. The van der Waals surface area contributed by atoms with E-state index < -0.39 is 0 Å². The maximum atomic E-state index is 6.00. The first-order valence-electron chi connectivity index (χ1n) is 5.82. The van der Waals surface area contributed by atoms with Gasteiger partial charge in [0, 0.05) is 36.4 Å². The largest absolute Gasteiger partial charge is 0.292 e. The number of thioether (sulfide) groups is 1. The molecule has 0 radical (unpaired) electrons. The second-order valence-corrected chi connectivity index (χ2v) is 5.88. The lowest BCUT2D eigenvalue weighted by Crippen LogP contribution is -2.39. The highest BCUT2D eigenvalue weighted by molar-refractivity contribution is 7.99. The molecule has 1 fully saturated rings. The molecule has 5 heteroatoms. The van der Waals surface area contributed by atoms with E-state index in [0.717, 1.165) is 30.9 Å². The number of pyridine rings is 1. The van der Waals surface area contributed by atoms with Gasteiger partial charge in [0.15, 0.2) is 0 Å². The van der Waals surface area contributed by atoms with Crippen LogP contribution in [0.4, 0.5) is 0 Å². The molecule has 3 heterocycles. The molecule has 17 heavy (non-hydrogen) atoms. The number of fused-ring (bicyclic) bond motifs is 1. The Kier molecular flexibility index (Phi) is 3.36. The van der Waals surface area contributed by atoms with Crippen LogP contribution in [0.25, 0.3) is 0 Å². The molecular weight excluding hydrogens is 254 g/mol. The molecule has 90 valence electrons. The Balaban J connectivity index is 1.92. The zero-order valence-corrected chi connectivity index (χ0v) is 11.0. The topological polar surface area (TPSA) is 28.5 Å². The third-order valence-corrected chi connectivity index (χ3v) is 4.39. The van der Waals surface area contributed by atoms with E-state index in [4.69, 9.17) is 11.6 Å². The lowest BCUT2D eigenvalue weighted by Gasteiger charge is -2.35. The standard InChI is InChI=1S/C12H14ClN3S/c13-11-2-1-9-7-14-8-10(12(9)15-11)16-3-5-17-6-4-16/h1-2,7,10H,3-6,8H2. The van der Waals surface area contributed by atoms with Gasteiger partial charge in [-0.05, 0) is 12.1 Å². The van der Waals surface area contributed by atoms with Crippen molar-refractivity contribution in [3.63, 3.8) is 0 Å². The molecule has 3 nitrogen and oxygen atoms in total. The maximum Gasteiger partial charge on any atom is 0.129 e. The quantitative estimate of drug-likeness (QED) is 0.731. The van der Waals surface area contributed by atoms with Crippen LogP contribution in [0.1, 0.15) is 17.3 Å². The van der Waals surface area contributed by atoms with Gasteiger partial charge in [-0.15, -0.1) is 0 Å². The van der Waals surface area contributed by atoms with E-state index in [9.17, 15) is 0 Å². The van der Waals surface area contributed by atoms with E-state index in [1.165, 1.54) is 11.5 Å². The molecule has 2 aliphatic heterocycles. The van der Waals surface area contributed by atoms with Crippen molar-refractivity contribution in [2.75, 3.05) is 31.1 Å². The van der Waals surface area contributed by atoms with Crippen LogP contribution in [0.5, 0.6) is 0 Å². The molecule has 1 saturated heterocycles. The SMILES string of the molecule is Clc1ccc2c(n1)C(N1CCSCC1)CN=C2. The van der Waals surface area contributed by atoms with E-state index in [0.29, 0.717) is 11.2 Å². The zero-order chi connectivity index (χ0) is 11.7. The minimum Gasteiger partial charge on any atom is -0.292 e. The number of aliphatic imine (C=N–C) groups is 1. The molecule has 3 rings (SSSR count). The van der Waals surface area contributed by atoms with Crippen molar-refractivity contribution in [3.8, 4) is 0 Å². The number of aromatic nitrogens is 1. The minimum atomic E-state index is 0.314. The molecule has 1 unspecified atom stereocenters. The van der Waals surface area contributed by atoms with Gasteiger partial charge in [-0.2, -0.15) is 11.8 Å². The van der Waals surface area contributed by atoms with Crippen molar-refractivity contribution in [2.24, 2.45) is 4.99 Å². The van der Waals surface area contributed by atoms with Gasteiger partial charge in [-0.3, -0.25) is 9.89 Å². The Morgan fingerprint density at radius 1 is 1.29 bits per heavy atom. The van der Waals surface area contributed by atoms with Crippen molar-refractivity contribution < 1.29 is 0 Å². The second-order valence-electron chi connectivity index (χ2n) is 4.27. The van der Waals surface area contributed by atoms with E-state index in [1.807, 2.05) is 30.1 Å². The molecule has 1 aromatic rings. The summed E-state index contributed by atoms with van der Waals surface area (Å²) >= 11 is 8.02. The third-order valence-electron chi connectivity index (χ3n) is 3.23. The summed E-state index contributed by atoms with van der Waals surface area (Å²) in [5, 5.41) is 0.579. The molecular formula is C12H14ClN3S. The molecule has 0 bridgehead atoms. The summed E-state index contributed by atoms with van der Waals surface area (Å²) in [7, 11) is 0. The highest BCUT2D eigenvalue weighted by Gasteiger charge is 2.27. The second kappa shape index (κ2) is 4.96. The number of hydrogen-bond donors (Lipinski definition) is 0. The van der Waals surface area contributed by atoms with Crippen molar-refractivity contribution in [1.82, 2.24) is 9.88 Å². The summed E-state index contributed by atoms with van der Waals surface area (Å²) in [6.45, 7) is 3.06. The number of nitrogens with zero attached hydrogens (tertiary/aromatic N) is 3. The number of rotatable bonds is 1. The summed E-state index contributed by atoms with van der Waals surface area (Å²) in [6, 6.07) is 4.16. The average Bonchev–Trinajstić information content (AvgIpc) is 2.39. The molecule has 0 aliphatic carbocycles. The number of halogens is 1. The predicted molar refractivity (Wildman–Crippen MR) is 73.3 cm³/mol. The Hall–Kier alpha value is -0.580. The fourth-order valence-corrected chi connectivity index (χ4v) is 3.44. The Morgan fingerprint density at radius 2 is 2.12 bits per heavy atom. The van der Waals surface area contributed by atoms with Crippen LogP contribution in [0.3, 0.4) is 0 Å². The van der Waals surface area contributed by atoms with E-state index in [-0.39, 0.29) is 0 Å². The molecule has 0 amide bonds. The fraction of sp³-hybridized carbons (Fsp3) is 0.500. The van der Waals surface area contributed by atoms with Gasteiger partial charge in [0.1, 0.15) is 5.15 Å². The average molecular weight is 268 g/mol. The first kappa shape index (κ1) is 11.5. The summed E-state index contributed by atoms with van der Waals surface area (Å²) in [4.78, 5) is 11.4. The molecule has 1 aromatic heterocycles. The third kappa shape index (κ3) is 2.34. The van der Waals surface area contributed by atoms with Gasteiger partial charge >= 0.3 is 0 Å². The zero-order valence-electron chi connectivity index (χ0n) is 9.47. The fourth-order valence-electron chi connectivity index (χ4n) is 2.35. The smallest absolute Gasteiger partial charge is 0.129 e. The Labute approximate surface area is 110 Å². The molecule has 0 spiro atoms. The first-order valence-corrected chi connectivity index (χ1v) is 7.36. The summed E-state index contributed by atoms with van der Waals surface area (Å²) < 4.78 is 0. The van der Waals surface area contributed by atoms with Crippen molar-refractivity contribution in [3.05, 3.63) is 28.5 Å². The Morgan fingerprint density at radius 3 is 2.94 bits per heavy atom. The van der Waals surface area contributed by atoms with Gasteiger partial charge < -0.3 is 0 Å². The highest BCUT2D eigenvalue weighted by atomic mass is 35.5. The van der Waals surface area contributed by atoms with E-state index in [1.54, 1.807) is 0 Å². The summed E-state index contributed by atoms with van der Waals surface area (Å²) in [5.41, 5.74) is 2.21. The van der Waals surface area contributed by atoms with Crippen molar-refractivity contribution >= 4 is 29.6 Å². The van der Waals surface area contributed by atoms with Gasteiger partial charge in [0.05, 0.1) is 18.3 Å². The minimum absolute atomic E-state index is 0.314. The monoisotopic (exact) mass is 267 g/mol. The lowest BCUT2D eigenvalue weighted by molar-refractivity contribution is 0.218. The van der Waals surface area contributed by atoms with Crippen LogP contribution in [0.2, 0.25) is 5.15 Å². The van der Waals surface area contributed by atoms with Crippen LogP contribution in [0.15, 0.2) is 17.1 Å². The summed E-state index contributed by atoms with van der Waals surface area (Å²) in [6.07, 6.45) is 1.91.